The number of thiol groups is 1. The van der Waals surface area contributed by atoms with Crippen molar-refractivity contribution < 1.29 is 4.74 Å². The van der Waals surface area contributed by atoms with Crippen LogP contribution >= 0.6 is 12.6 Å². The molecule has 0 aliphatic heterocycles. The quantitative estimate of drug-likeness (QED) is 0.456. The Morgan fingerprint density at radius 1 is 1.39 bits per heavy atom. The van der Waals surface area contributed by atoms with Gasteiger partial charge in [-0.3, -0.25) is 0 Å². The largest absolute Gasteiger partial charge is 0.379 e. The summed E-state index contributed by atoms with van der Waals surface area (Å²) < 4.78 is 5.43. The smallest absolute Gasteiger partial charge is 0.0622 e. The Hall–Kier alpha value is -0.210. The van der Waals surface area contributed by atoms with Gasteiger partial charge in [0.15, 0.2) is 0 Å². The molecule has 106 valence electrons. The topological polar surface area (TPSA) is 9.23 Å². The van der Waals surface area contributed by atoms with Gasteiger partial charge in [0.2, 0.25) is 0 Å². The molecular weight excluding hydrogens is 240 g/mol. The second kappa shape index (κ2) is 9.69. The number of ether oxygens (including phenoxy) is 1. The monoisotopic (exact) mass is 270 g/mol. The molecule has 0 N–H and O–H groups in total. The molecule has 0 rings (SSSR count). The standard InChI is InChI=1S/C16H30OS/c1-14(8-6-9-15(2)11-13-18)10-7-12-16(3,4)17-5/h6,9,11,14,18H,7-8,10,12-13H2,1-5H3. The van der Waals surface area contributed by atoms with Crippen molar-refractivity contribution in [2.45, 2.75) is 59.0 Å². The number of allylic oxidation sites excluding steroid dienone is 3. The Morgan fingerprint density at radius 3 is 2.61 bits per heavy atom. The van der Waals surface area contributed by atoms with Crippen LogP contribution in [-0.4, -0.2) is 18.5 Å². The molecule has 0 aliphatic carbocycles. The van der Waals surface area contributed by atoms with E-state index in [-0.39, 0.29) is 5.60 Å². The van der Waals surface area contributed by atoms with Crippen molar-refractivity contribution >= 4 is 12.6 Å². The van der Waals surface area contributed by atoms with Gasteiger partial charge < -0.3 is 4.74 Å². The third-order valence-electron chi connectivity index (χ3n) is 3.36. The summed E-state index contributed by atoms with van der Waals surface area (Å²) >= 11 is 4.18. The van der Waals surface area contributed by atoms with Crippen LogP contribution in [-0.2, 0) is 4.74 Å². The van der Waals surface area contributed by atoms with E-state index in [0.29, 0.717) is 0 Å². The lowest BCUT2D eigenvalue weighted by atomic mass is 9.95. The van der Waals surface area contributed by atoms with E-state index in [2.05, 4.69) is 58.6 Å². The van der Waals surface area contributed by atoms with Gasteiger partial charge in [-0.1, -0.05) is 43.6 Å². The lowest BCUT2D eigenvalue weighted by Crippen LogP contribution is -2.22. The van der Waals surface area contributed by atoms with Crippen LogP contribution in [0.15, 0.2) is 23.8 Å². The molecular formula is C16H30OS. The van der Waals surface area contributed by atoms with Crippen LogP contribution in [0.1, 0.15) is 53.4 Å². The third-order valence-corrected chi connectivity index (χ3v) is 3.54. The fourth-order valence-corrected chi connectivity index (χ4v) is 2.08. The summed E-state index contributed by atoms with van der Waals surface area (Å²) in [4.78, 5) is 0. The number of hydrogen-bond acceptors (Lipinski definition) is 2. The van der Waals surface area contributed by atoms with Gasteiger partial charge in [0.25, 0.3) is 0 Å². The van der Waals surface area contributed by atoms with Gasteiger partial charge in [-0.15, -0.1) is 0 Å². The van der Waals surface area contributed by atoms with Crippen molar-refractivity contribution in [2.24, 2.45) is 5.92 Å². The normalized spacial score (nSPS) is 15.3. The maximum absolute atomic E-state index is 5.43. The molecule has 0 aromatic rings. The van der Waals surface area contributed by atoms with Gasteiger partial charge in [0.05, 0.1) is 5.60 Å². The first-order valence-electron chi connectivity index (χ1n) is 6.90. The zero-order valence-corrected chi connectivity index (χ0v) is 13.6. The molecule has 1 nitrogen and oxygen atoms in total. The van der Waals surface area contributed by atoms with Crippen molar-refractivity contribution in [1.82, 2.24) is 0 Å². The summed E-state index contributed by atoms with van der Waals surface area (Å²) in [6.07, 6.45) is 11.4. The van der Waals surface area contributed by atoms with E-state index < -0.39 is 0 Å². The summed E-state index contributed by atoms with van der Waals surface area (Å²) in [5.41, 5.74) is 1.33. The number of hydrogen-bond donors (Lipinski definition) is 1. The first-order chi connectivity index (χ1) is 8.41. The highest BCUT2D eigenvalue weighted by atomic mass is 32.1. The molecule has 0 radical (unpaired) electrons. The fraction of sp³-hybridized carbons (Fsp3) is 0.750. The number of methoxy groups -OCH3 is 1. The minimum atomic E-state index is 0.0292. The molecule has 0 aromatic heterocycles. The second-order valence-corrected chi connectivity index (χ2v) is 6.10. The van der Waals surface area contributed by atoms with Crippen LogP contribution in [0.25, 0.3) is 0 Å². The molecule has 0 heterocycles. The van der Waals surface area contributed by atoms with Crippen molar-refractivity contribution in [3.05, 3.63) is 23.8 Å². The summed E-state index contributed by atoms with van der Waals surface area (Å²) in [7, 11) is 1.79. The molecule has 0 amide bonds. The first-order valence-corrected chi connectivity index (χ1v) is 7.54. The molecule has 0 aromatic carbocycles. The van der Waals surface area contributed by atoms with E-state index in [1.807, 2.05) is 0 Å². The molecule has 1 atom stereocenters. The predicted octanol–water partition coefficient (Wildman–Crippen LogP) is 5.04. The Balaban J connectivity index is 3.79. The second-order valence-electron chi connectivity index (χ2n) is 5.73. The average Bonchev–Trinajstić information content (AvgIpc) is 2.29. The predicted molar refractivity (Wildman–Crippen MR) is 85.5 cm³/mol. The van der Waals surface area contributed by atoms with E-state index in [9.17, 15) is 0 Å². The zero-order chi connectivity index (χ0) is 14.0. The van der Waals surface area contributed by atoms with E-state index in [1.54, 1.807) is 7.11 Å². The summed E-state index contributed by atoms with van der Waals surface area (Å²) in [6.45, 7) is 8.76. The molecule has 0 aliphatic rings. The maximum atomic E-state index is 5.43. The summed E-state index contributed by atoms with van der Waals surface area (Å²) in [6, 6.07) is 0. The van der Waals surface area contributed by atoms with Crippen molar-refractivity contribution in [2.75, 3.05) is 12.9 Å². The Morgan fingerprint density at radius 2 is 2.06 bits per heavy atom. The Kier molecular flexibility index (Phi) is 9.57. The molecule has 0 fully saturated rings. The maximum Gasteiger partial charge on any atom is 0.0622 e. The van der Waals surface area contributed by atoms with Crippen LogP contribution in [0.2, 0.25) is 0 Å². The van der Waals surface area contributed by atoms with Gasteiger partial charge >= 0.3 is 0 Å². The van der Waals surface area contributed by atoms with Crippen LogP contribution < -0.4 is 0 Å². The highest BCUT2D eigenvalue weighted by Gasteiger charge is 2.15. The molecule has 0 bridgehead atoms. The molecule has 0 saturated carbocycles. The van der Waals surface area contributed by atoms with Gasteiger partial charge in [0.1, 0.15) is 0 Å². The minimum absolute atomic E-state index is 0.0292. The fourth-order valence-electron chi connectivity index (χ4n) is 1.79. The van der Waals surface area contributed by atoms with Gasteiger partial charge in [0, 0.05) is 12.9 Å². The van der Waals surface area contributed by atoms with Crippen LogP contribution in [0, 0.1) is 5.92 Å². The Labute approximate surface area is 119 Å². The molecule has 18 heavy (non-hydrogen) atoms. The van der Waals surface area contributed by atoms with Crippen molar-refractivity contribution in [3.8, 4) is 0 Å². The van der Waals surface area contributed by atoms with E-state index >= 15 is 0 Å². The van der Waals surface area contributed by atoms with Gasteiger partial charge in [-0.25, -0.2) is 0 Å². The molecule has 0 saturated heterocycles. The van der Waals surface area contributed by atoms with Crippen LogP contribution in [0.5, 0.6) is 0 Å². The molecule has 2 heteroatoms. The first kappa shape index (κ1) is 17.8. The van der Waals surface area contributed by atoms with Gasteiger partial charge in [-0.2, -0.15) is 12.6 Å². The lowest BCUT2D eigenvalue weighted by molar-refractivity contribution is 0.0128. The van der Waals surface area contributed by atoms with E-state index in [1.165, 1.54) is 18.4 Å². The summed E-state index contributed by atoms with van der Waals surface area (Å²) in [5, 5.41) is 0. The highest BCUT2D eigenvalue weighted by molar-refractivity contribution is 7.80. The summed E-state index contributed by atoms with van der Waals surface area (Å²) in [5.74, 6) is 1.57. The molecule has 1 unspecified atom stereocenters. The third kappa shape index (κ3) is 9.78. The zero-order valence-electron chi connectivity index (χ0n) is 12.7. The molecule has 0 spiro atoms. The van der Waals surface area contributed by atoms with Crippen molar-refractivity contribution in [3.63, 3.8) is 0 Å². The van der Waals surface area contributed by atoms with Crippen LogP contribution in [0.3, 0.4) is 0 Å². The lowest BCUT2D eigenvalue weighted by Gasteiger charge is -2.23. The number of rotatable bonds is 9. The minimum Gasteiger partial charge on any atom is -0.379 e. The van der Waals surface area contributed by atoms with E-state index in [4.69, 9.17) is 4.74 Å². The Bertz CT molecular complexity index is 266. The van der Waals surface area contributed by atoms with Crippen molar-refractivity contribution in [1.29, 1.82) is 0 Å². The van der Waals surface area contributed by atoms with Gasteiger partial charge in [-0.05, 0) is 39.5 Å². The average molecular weight is 270 g/mol. The van der Waals surface area contributed by atoms with Crippen LogP contribution in [0.4, 0.5) is 0 Å². The SMILES string of the molecule is COC(C)(C)CCCC(C)CC=CC(C)=CCS. The highest BCUT2D eigenvalue weighted by Crippen LogP contribution is 2.20. The van der Waals surface area contributed by atoms with E-state index in [0.717, 1.165) is 24.5 Å².